The van der Waals surface area contributed by atoms with Gasteiger partial charge in [-0.3, -0.25) is 9.56 Å². The molecule has 0 radical (unpaired) electrons. The molecule has 5 heteroatoms. The van der Waals surface area contributed by atoms with Crippen LogP contribution in [0, 0.1) is 0 Å². The first-order chi connectivity index (χ1) is 11.2. The molecule has 0 bridgehead atoms. The van der Waals surface area contributed by atoms with Gasteiger partial charge < -0.3 is 10.4 Å². The average molecular weight is 327 g/mol. The minimum absolute atomic E-state index is 0.175. The lowest BCUT2D eigenvalue weighted by Gasteiger charge is -2.09. The van der Waals surface area contributed by atoms with Gasteiger partial charge in [0.2, 0.25) is 5.88 Å². The van der Waals surface area contributed by atoms with E-state index in [1.54, 1.807) is 10.8 Å². The van der Waals surface area contributed by atoms with Gasteiger partial charge in [0, 0.05) is 17.6 Å². The van der Waals surface area contributed by atoms with Gasteiger partial charge in [-0.2, -0.15) is 0 Å². The molecule has 0 saturated carbocycles. The molecule has 23 heavy (non-hydrogen) atoms. The van der Waals surface area contributed by atoms with E-state index >= 15 is 0 Å². The fraction of sp³-hybridized carbons (Fsp3) is 0.333. The fourth-order valence-electron chi connectivity index (χ4n) is 3.01. The molecule has 1 aromatic heterocycles. The number of aromatic nitrogens is 1. The molecular formula is C18H21N3OS. The van der Waals surface area contributed by atoms with Crippen LogP contribution in [0.4, 0.5) is 0 Å². The van der Waals surface area contributed by atoms with Crippen LogP contribution >= 0.6 is 12.2 Å². The Hall–Kier alpha value is -2.14. The van der Waals surface area contributed by atoms with Crippen LogP contribution in [0.2, 0.25) is 0 Å². The second-order valence-corrected chi connectivity index (χ2v) is 6.03. The smallest absolute Gasteiger partial charge is 0.207 e. The predicted molar refractivity (Wildman–Crippen MR) is 99.4 cm³/mol. The van der Waals surface area contributed by atoms with E-state index in [0.717, 1.165) is 48.0 Å². The number of fused-ring (bicyclic) bond motifs is 1. The summed E-state index contributed by atoms with van der Waals surface area (Å²) in [6, 6.07) is 7.93. The molecule has 4 nitrogen and oxygen atoms in total. The van der Waals surface area contributed by atoms with Gasteiger partial charge in [0.1, 0.15) is 0 Å². The number of rotatable bonds is 2. The zero-order valence-corrected chi connectivity index (χ0v) is 14.1. The van der Waals surface area contributed by atoms with E-state index in [9.17, 15) is 5.11 Å². The zero-order chi connectivity index (χ0) is 16.2. The van der Waals surface area contributed by atoms with Crippen LogP contribution in [0.3, 0.4) is 0 Å². The van der Waals surface area contributed by atoms with Crippen LogP contribution in [-0.4, -0.2) is 27.0 Å². The zero-order valence-electron chi connectivity index (χ0n) is 13.2. The van der Waals surface area contributed by atoms with Crippen LogP contribution in [0.25, 0.3) is 10.9 Å². The molecule has 1 aliphatic heterocycles. The van der Waals surface area contributed by atoms with Crippen molar-refractivity contribution < 1.29 is 5.11 Å². The normalized spacial score (nSPS) is 15.6. The van der Waals surface area contributed by atoms with Crippen molar-refractivity contribution in [1.29, 1.82) is 0 Å². The highest BCUT2D eigenvalue weighted by atomic mass is 32.1. The Labute approximate surface area is 141 Å². The summed E-state index contributed by atoms with van der Waals surface area (Å²) < 4.78 is 1.69. The third-order valence-electron chi connectivity index (χ3n) is 4.09. The largest absolute Gasteiger partial charge is 0.494 e. The third-order valence-corrected chi connectivity index (χ3v) is 4.39. The van der Waals surface area contributed by atoms with Gasteiger partial charge in [-0.1, -0.05) is 30.7 Å². The Morgan fingerprint density at radius 3 is 2.96 bits per heavy atom. The van der Waals surface area contributed by atoms with Crippen molar-refractivity contribution in [3.8, 4) is 5.88 Å². The highest BCUT2D eigenvalue weighted by Crippen LogP contribution is 2.33. The summed E-state index contributed by atoms with van der Waals surface area (Å²) in [5.41, 5.74) is 2.71. The Morgan fingerprint density at radius 1 is 1.30 bits per heavy atom. The topological polar surface area (TPSA) is 49.5 Å². The summed E-state index contributed by atoms with van der Waals surface area (Å²) in [7, 11) is 0. The average Bonchev–Trinajstić information content (AvgIpc) is 2.71. The summed E-state index contributed by atoms with van der Waals surface area (Å²) in [5.74, 6) is 0.175. The maximum absolute atomic E-state index is 10.9. The minimum atomic E-state index is 0.175. The van der Waals surface area contributed by atoms with Crippen molar-refractivity contribution in [2.45, 2.75) is 32.6 Å². The Morgan fingerprint density at radius 2 is 2.13 bits per heavy atom. The molecule has 0 unspecified atom stereocenters. The number of hydrogen-bond acceptors (Lipinski definition) is 3. The van der Waals surface area contributed by atoms with Gasteiger partial charge in [-0.25, -0.2) is 0 Å². The van der Waals surface area contributed by atoms with Gasteiger partial charge in [-0.05, 0) is 50.7 Å². The second kappa shape index (κ2) is 6.96. The maximum atomic E-state index is 10.9. The molecule has 1 aliphatic rings. The number of aliphatic imine (C=N–C) groups is 1. The minimum Gasteiger partial charge on any atom is -0.494 e. The molecule has 0 saturated heterocycles. The van der Waals surface area contributed by atoms with Crippen molar-refractivity contribution in [3.63, 3.8) is 0 Å². The summed E-state index contributed by atoms with van der Waals surface area (Å²) in [6.45, 7) is 2.74. The summed E-state index contributed by atoms with van der Waals surface area (Å²) >= 11 is 5.44. The maximum Gasteiger partial charge on any atom is 0.207 e. The fourth-order valence-corrected chi connectivity index (χ4v) is 3.27. The van der Waals surface area contributed by atoms with Crippen molar-refractivity contribution in [2.75, 3.05) is 6.54 Å². The highest BCUT2D eigenvalue weighted by Gasteiger charge is 2.22. The Bertz CT molecular complexity index is 789. The third kappa shape index (κ3) is 3.01. The monoisotopic (exact) mass is 327 g/mol. The van der Waals surface area contributed by atoms with E-state index in [1.807, 2.05) is 37.3 Å². The molecule has 1 aromatic carbocycles. The van der Waals surface area contributed by atoms with E-state index in [1.165, 1.54) is 6.42 Å². The van der Waals surface area contributed by atoms with E-state index < -0.39 is 0 Å². The first-order valence-electron chi connectivity index (χ1n) is 8.02. The Balaban J connectivity index is 2.17. The summed E-state index contributed by atoms with van der Waals surface area (Å²) in [5, 5.41) is 15.3. The molecule has 0 aliphatic carbocycles. The van der Waals surface area contributed by atoms with Crippen LogP contribution in [0.5, 0.6) is 5.88 Å². The number of benzene rings is 1. The molecule has 0 atom stereocenters. The molecule has 2 N–H and O–H groups in total. The molecule has 0 fully saturated rings. The van der Waals surface area contributed by atoms with Gasteiger partial charge in [0.25, 0.3) is 0 Å². The van der Waals surface area contributed by atoms with Crippen LogP contribution < -0.4 is 5.32 Å². The second-order valence-electron chi connectivity index (χ2n) is 5.64. The van der Waals surface area contributed by atoms with Gasteiger partial charge in [0.05, 0.1) is 11.1 Å². The summed E-state index contributed by atoms with van der Waals surface area (Å²) in [4.78, 5) is 4.70. The van der Waals surface area contributed by atoms with Crippen molar-refractivity contribution >= 4 is 33.9 Å². The number of hydrogen-bond donors (Lipinski definition) is 2. The van der Waals surface area contributed by atoms with Crippen molar-refractivity contribution in [1.82, 2.24) is 9.88 Å². The quantitative estimate of drug-likeness (QED) is 0.821. The first-order valence-corrected chi connectivity index (χ1v) is 8.43. The number of thiocarbonyl (C=S) groups is 1. The Kier molecular flexibility index (Phi) is 4.76. The molecule has 0 amide bonds. The predicted octanol–water partition coefficient (Wildman–Crippen LogP) is 3.97. The van der Waals surface area contributed by atoms with E-state index in [4.69, 9.17) is 17.2 Å². The number of nitrogens with one attached hydrogen (secondary N) is 1. The van der Waals surface area contributed by atoms with E-state index in [2.05, 4.69) is 5.32 Å². The molecule has 3 rings (SSSR count). The van der Waals surface area contributed by atoms with Gasteiger partial charge in [-0.15, -0.1) is 0 Å². The van der Waals surface area contributed by atoms with Crippen molar-refractivity contribution in [2.24, 2.45) is 4.99 Å². The van der Waals surface area contributed by atoms with Crippen LogP contribution in [0.1, 0.15) is 38.2 Å². The lowest BCUT2D eigenvalue weighted by molar-refractivity contribution is 0.447. The molecular weight excluding hydrogens is 306 g/mol. The lowest BCUT2D eigenvalue weighted by Crippen LogP contribution is -2.23. The summed E-state index contributed by atoms with van der Waals surface area (Å²) in [6.07, 6.45) is 7.94. The number of allylic oxidation sites excluding steroid dienone is 1. The number of para-hydroxylation sites is 1. The van der Waals surface area contributed by atoms with Crippen LogP contribution in [0.15, 0.2) is 41.5 Å². The number of aromatic hydroxyl groups is 1. The van der Waals surface area contributed by atoms with E-state index in [-0.39, 0.29) is 5.88 Å². The molecule has 120 valence electrons. The number of nitrogens with zero attached hydrogens (tertiary/aromatic N) is 2. The molecule has 2 heterocycles. The lowest BCUT2D eigenvalue weighted by atomic mass is 10.0. The van der Waals surface area contributed by atoms with Gasteiger partial charge >= 0.3 is 0 Å². The standard InChI is InChI=1S/C18H21N3OS/c1-2-11-20-18(23)21-15-10-6-5-8-13(15)16(17(21)22)14-9-4-3-7-12-19-14/h2,5-6,8,10-11,22H,3-4,7,9,12H2,1H3,(H,20,23)/b11-2+. The highest BCUT2D eigenvalue weighted by molar-refractivity contribution is 7.80. The van der Waals surface area contributed by atoms with Gasteiger partial charge in [0.15, 0.2) is 5.11 Å². The van der Waals surface area contributed by atoms with Crippen molar-refractivity contribution in [3.05, 3.63) is 42.1 Å². The van der Waals surface area contributed by atoms with Crippen LogP contribution in [-0.2, 0) is 0 Å². The molecule has 0 spiro atoms. The van der Waals surface area contributed by atoms with E-state index in [0.29, 0.717) is 5.11 Å². The first kappa shape index (κ1) is 15.7. The molecule has 2 aromatic rings. The SMILES string of the molecule is C/C=C/NC(=S)n1c(O)c(C2=NCCCCC2)c2ccccc21.